The van der Waals surface area contributed by atoms with Crippen LogP contribution in [0.25, 0.3) is 0 Å². The van der Waals surface area contributed by atoms with Gasteiger partial charge in [-0.2, -0.15) is 5.10 Å². The van der Waals surface area contributed by atoms with Gasteiger partial charge in [-0.05, 0) is 12.0 Å². The summed E-state index contributed by atoms with van der Waals surface area (Å²) >= 11 is 0. The van der Waals surface area contributed by atoms with E-state index in [0.717, 1.165) is 0 Å². The van der Waals surface area contributed by atoms with Crippen LogP contribution in [0.1, 0.15) is 19.9 Å². The first-order valence-corrected chi connectivity index (χ1v) is 3.85. The molecule has 1 unspecified atom stereocenters. The predicted octanol–water partition coefficient (Wildman–Crippen LogP) is 1.16. The number of hydrogen-bond acceptors (Lipinski definition) is 2. The van der Waals surface area contributed by atoms with Crippen molar-refractivity contribution < 1.29 is 9.90 Å². The standard InChI is InChI=1S/C8H12N2O2/c1-6(2)7(8(11)12)10-5-3-4-9-10/h3-7H,1-2H3,(H,11,12). The summed E-state index contributed by atoms with van der Waals surface area (Å²) in [4.78, 5) is 10.8. The summed E-state index contributed by atoms with van der Waals surface area (Å²) in [6.07, 6.45) is 3.25. The minimum atomic E-state index is -0.839. The number of carbonyl (C=O) groups is 1. The fourth-order valence-corrected chi connectivity index (χ4v) is 1.15. The molecule has 4 heteroatoms. The van der Waals surface area contributed by atoms with Crippen molar-refractivity contribution in [2.75, 3.05) is 0 Å². The van der Waals surface area contributed by atoms with Crippen molar-refractivity contribution >= 4 is 5.97 Å². The highest BCUT2D eigenvalue weighted by Crippen LogP contribution is 2.15. The van der Waals surface area contributed by atoms with E-state index in [4.69, 9.17) is 5.11 Å². The Hall–Kier alpha value is -1.32. The molecule has 0 fully saturated rings. The molecule has 0 bridgehead atoms. The van der Waals surface area contributed by atoms with E-state index in [0.29, 0.717) is 0 Å². The van der Waals surface area contributed by atoms with Crippen LogP contribution in [0.2, 0.25) is 0 Å². The summed E-state index contributed by atoms with van der Waals surface area (Å²) in [6.45, 7) is 3.72. The molecule has 66 valence electrons. The van der Waals surface area contributed by atoms with Crippen LogP contribution < -0.4 is 0 Å². The van der Waals surface area contributed by atoms with Crippen LogP contribution in [-0.2, 0) is 4.79 Å². The van der Waals surface area contributed by atoms with E-state index in [1.54, 1.807) is 18.5 Å². The second kappa shape index (κ2) is 3.38. The third-order valence-electron chi connectivity index (χ3n) is 1.69. The number of carboxylic acids is 1. The molecule has 0 spiro atoms. The van der Waals surface area contributed by atoms with Crippen molar-refractivity contribution in [1.29, 1.82) is 0 Å². The maximum atomic E-state index is 10.8. The quantitative estimate of drug-likeness (QED) is 0.736. The average molecular weight is 168 g/mol. The monoisotopic (exact) mass is 168 g/mol. The van der Waals surface area contributed by atoms with Crippen LogP contribution in [0.15, 0.2) is 18.5 Å². The predicted molar refractivity (Wildman–Crippen MR) is 43.7 cm³/mol. The van der Waals surface area contributed by atoms with Crippen molar-refractivity contribution in [3.8, 4) is 0 Å². The van der Waals surface area contributed by atoms with Gasteiger partial charge >= 0.3 is 5.97 Å². The zero-order chi connectivity index (χ0) is 9.14. The van der Waals surface area contributed by atoms with E-state index < -0.39 is 12.0 Å². The third-order valence-corrected chi connectivity index (χ3v) is 1.69. The van der Waals surface area contributed by atoms with E-state index in [2.05, 4.69) is 5.10 Å². The molecule has 1 rings (SSSR count). The van der Waals surface area contributed by atoms with E-state index in [1.807, 2.05) is 13.8 Å². The van der Waals surface area contributed by atoms with Crippen LogP contribution in [0, 0.1) is 5.92 Å². The first-order valence-electron chi connectivity index (χ1n) is 3.85. The Kier molecular flexibility index (Phi) is 2.47. The van der Waals surface area contributed by atoms with Crippen molar-refractivity contribution in [3.63, 3.8) is 0 Å². The topological polar surface area (TPSA) is 55.1 Å². The van der Waals surface area contributed by atoms with Crippen LogP contribution in [0.3, 0.4) is 0 Å². The van der Waals surface area contributed by atoms with Gasteiger partial charge < -0.3 is 5.11 Å². The lowest BCUT2D eigenvalue weighted by Gasteiger charge is -2.15. The largest absolute Gasteiger partial charge is 0.480 e. The van der Waals surface area contributed by atoms with Gasteiger partial charge in [0.1, 0.15) is 0 Å². The summed E-state index contributed by atoms with van der Waals surface area (Å²) in [7, 11) is 0. The summed E-state index contributed by atoms with van der Waals surface area (Å²) in [5.74, 6) is -0.795. The fourth-order valence-electron chi connectivity index (χ4n) is 1.15. The zero-order valence-corrected chi connectivity index (χ0v) is 7.14. The fraction of sp³-hybridized carbons (Fsp3) is 0.500. The van der Waals surface area contributed by atoms with Gasteiger partial charge in [0.15, 0.2) is 6.04 Å². The van der Waals surface area contributed by atoms with Gasteiger partial charge in [-0.25, -0.2) is 4.79 Å². The Morgan fingerprint density at radius 2 is 2.25 bits per heavy atom. The summed E-state index contributed by atoms with van der Waals surface area (Å²) < 4.78 is 1.47. The smallest absolute Gasteiger partial charge is 0.328 e. The van der Waals surface area contributed by atoms with E-state index in [-0.39, 0.29) is 5.92 Å². The highest BCUT2D eigenvalue weighted by Gasteiger charge is 2.23. The molecular formula is C8H12N2O2. The number of carboxylic acid groups (broad SMARTS) is 1. The summed E-state index contributed by atoms with van der Waals surface area (Å²) in [6, 6.07) is 1.16. The lowest BCUT2D eigenvalue weighted by Crippen LogP contribution is -2.24. The molecule has 0 aliphatic rings. The third kappa shape index (κ3) is 1.64. The molecule has 12 heavy (non-hydrogen) atoms. The molecule has 0 aliphatic carbocycles. The molecule has 0 saturated carbocycles. The Bertz CT molecular complexity index is 254. The second-order valence-corrected chi connectivity index (χ2v) is 3.01. The molecule has 0 aliphatic heterocycles. The molecule has 1 atom stereocenters. The summed E-state index contributed by atoms with van der Waals surface area (Å²) in [5.41, 5.74) is 0. The lowest BCUT2D eigenvalue weighted by atomic mass is 10.1. The minimum absolute atomic E-state index is 0.0439. The van der Waals surface area contributed by atoms with Gasteiger partial charge in [0, 0.05) is 12.4 Å². The zero-order valence-electron chi connectivity index (χ0n) is 7.14. The van der Waals surface area contributed by atoms with Gasteiger partial charge in [-0.1, -0.05) is 13.8 Å². The molecule has 1 N–H and O–H groups in total. The number of aliphatic carboxylic acids is 1. The number of nitrogens with zero attached hydrogens (tertiary/aromatic N) is 2. The molecule has 1 aromatic rings. The van der Waals surface area contributed by atoms with E-state index >= 15 is 0 Å². The maximum absolute atomic E-state index is 10.8. The van der Waals surface area contributed by atoms with Crippen molar-refractivity contribution in [1.82, 2.24) is 9.78 Å². The van der Waals surface area contributed by atoms with Crippen molar-refractivity contribution in [3.05, 3.63) is 18.5 Å². The first kappa shape index (κ1) is 8.77. The van der Waals surface area contributed by atoms with Gasteiger partial charge in [0.25, 0.3) is 0 Å². The van der Waals surface area contributed by atoms with Crippen molar-refractivity contribution in [2.24, 2.45) is 5.92 Å². The highest BCUT2D eigenvalue weighted by molar-refractivity contribution is 5.71. The minimum Gasteiger partial charge on any atom is -0.480 e. The molecule has 0 saturated heterocycles. The number of rotatable bonds is 3. The molecular weight excluding hydrogens is 156 g/mol. The molecule has 1 heterocycles. The van der Waals surface area contributed by atoms with Crippen LogP contribution in [0.5, 0.6) is 0 Å². The Morgan fingerprint density at radius 1 is 1.58 bits per heavy atom. The van der Waals surface area contributed by atoms with E-state index in [1.165, 1.54) is 4.68 Å². The molecule has 0 radical (unpaired) electrons. The first-order chi connectivity index (χ1) is 5.63. The van der Waals surface area contributed by atoms with Crippen LogP contribution >= 0.6 is 0 Å². The van der Waals surface area contributed by atoms with Crippen LogP contribution in [-0.4, -0.2) is 20.9 Å². The molecule has 0 aromatic carbocycles. The average Bonchev–Trinajstić information content (AvgIpc) is 2.37. The van der Waals surface area contributed by atoms with Gasteiger partial charge in [0.05, 0.1) is 0 Å². The van der Waals surface area contributed by atoms with Gasteiger partial charge in [-0.3, -0.25) is 4.68 Å². The molecule has 1 aromatic heterocycles. The number of hydrogen-bond donors (Lipinski definition) is 1. The second-order valence-electron chi connectivity index (χ2n) is 3.01. The van der Waals surface area contributed by atoms with Gasteiger partial charge in [-0.15, -0.1) is 0 Å². The van der Waals surface area contributed by atoms with Crippen molar-refractivity contribution in [2.45, 2.75) is 19.9 Å². The Balaban J connectivity index is 2.88. The number of aromatic nitrogens is 2. The van der Waals surface area contributed by atoms with E-state index in [9.17, 15) is 4.79 Å². The SMILES string of the molecule is CC(C)C(C(=O)O)n1cccn1. The van der Waals surface area contributed by atoms with Gasteiger partial charge in [0.2, 0.25) is 0 Å². The summed E-state index contributed by atoms with van der Waals surface area (Å²) in [5, 5.41) is 12.7. The Morgan fingerprint density at radius 3 is 2.58 bits per heavy atom. The lowest BCUT2D eigenvalue weighted by molar-refractivity contribution is -0.142. The maximum Gasteiger partial charge on any atom is 0.328 e. The normalized spacial score (nSPS) is 13.2. The highest BCUT2D eigenvalue weighted by atomic mass is 16.4. The molecule has 4 nitrogen and oxygen atoms in total. The van der Waals surface area contributed by atoms with Crippen LogP contribution in [0.4, 0.5) is 0 Å². The molecule has 0 amide bonds. The Labute approximate surface area is 70.8 Å².